The Kier molecular flexibility index (Phi) is 2.50. The van der Waals surface area contributed by atoms with Crippen LogP contribution >= 0.6 is 0 Å². The maximum absolute atomic E-state index is 10.6. The molecule has 1 unspecified atom stereocenters. The van der Waals surface area contributed by atoms with Gasteiger partial charge in [0.25, 0.3) is 0 Å². The van der Waals surface area contributed by atoms with E-state index in [1.807, 2.05) is 19.1 Å². The largest absolute Gasteiger partial charge is 0.368 e. The summed E-state index contributed by atoms with van der Waals surface area (Å²) in [4.78, 5) is 10.6. The van der Waals surface area contributed by atoms with Crippen molar-refractivity contribution < 1.29 is 4.79 Å². The van der Waals surface area contributed by atoms with E-state index in [1.54, 1.807) is 10.8 Å². The molecule has 4 N–H and O–H groups in total. The van der Waals surface area contributed by atoms with Crippen molar-refractivity contribution in [1.82, 2.24) is 4.57 Å². The number of rotatable bonds is 3. The normalized spacial score (nSPS) is 12.8. The summed E-state index contributed by atoms with van der Waals surface area (Å²) in [6.07, 6.45) is 1.80. The number of nitrogens with zero attached hydrogens (tertiary/aromatic N) is 1. The number of hydrogen-bond acceptors (Lipinski definition) is 2. The van der Waals surface area contributed by atoms with Crippen LogP contribution in [0.4, 0.5) is 0 Å². The highest BCUT2D eigenvalue weighted by atomic mass is 16.1. The minimum Gasteiger partial charge on any atom is -0.368 e. The topological polar surface area (TPSA) is 74.0 Å². The van der Waals surface area contributed by atoms with Gasteiger partial charge < -0.3 is 16.0 Å². The van der Waals surface area contributed by atoms with Crippen molar-refractivity contribution in [3.63, 3.8) is 0 Å². The maximum atomic E-state index is 10.6. The van der Waals surface area contributed by atoms with Gasteiger partial charge in [0.15, 0.2) is 0 Å². The number of primary amides is 1. The average Bonchev–Trinajstić information content (AvgIpc) is 2.33. The molecule has 1 amide bonds. The first-order valence-electron chi connectivity index (χ1n) is 3.80. The van der Waals surface area contributed by atoms with E-state index in [9.17, 15) is 4.79 Å². The van der Waals surface area contributed by atoms with Crippen LogP contribution in [0.2, 0.25) is 0 Å². The minimum absolute atomic E-state index is 0.0700. The number of nitrogens with two attached hydrogens (primary N) is 2. The molecule has 0 radical (unpaired) electrons. The second-order valence-corrected chi connectivity index (χ2v) is 2.82. The van der Waals surface area contributed by atoms with E-state index in [2.05, 4.69) is 0 Å². The summed E-state index contributed by atoms with van der Waals surface area (Å²) < 4.78 is 1.76. The van der Waals surface area contributed by atoms with Crippen molar-refractivity contribution in [2.24, 2.45) is 11.5 Å². The fourth-order valence-electron chi connectivity index (χ4n) is 1.15. The highest BCUT2D eigenvalue weighted by molar-refractivity contribution is 5.73. The van der Waals surface area contributed by atoms with E-state index in [0.717, 1.165) is 5.69 Å². The van der Waals surface area contributed by atoms with Gasteiger partial charge in [-0.15, -0.1) is 0 Å². The number of hydrogen-bond donors (Lipinski definition) is 2. The van der Waals surface area contributed by atoms with Crippen molar-refractivity contribution >= 4 is 5.91 Å². The minimum atomic E-state index is -0.354. The number of aromatic nitrogens is 1. The average molecular weight is 167 g/mol. The van der Waals surface area contributed by atoms with Gasteiger partial charge in [0.05, 0.1) is 0 Å². The van der Waals surface area contributed by atoms with Gasteiger partial charge >= 0.3 is 0 Å². The highest BCUT2D eigenvalue weighted by Gasteiger charge is 2.06. The molecule has 0 aliphatic carbocycles. The third-order valence-electron chi connectivity index (χ3n) is 1.66. The Morgan fingerprint density at radius 1 is 1.75 bits per heavy atom. The third kappa shape index (κ3) is 1.85. The second kappa shape index (κ2) is 3.40. The van der Waals surface area contributed by atoms with Gasteiger partial charge in [-0.2, -0.15) is 0 Å². The Labute approximate surface area is 71.2 Å². The molecule has 0 aliphatic rings. The molecule has 66 valence electrons. The Morgan fingerprint density at radius 2 is 2.42 bits per heavy atom. The van der Waals surface area contributed by atoms with E-state index in [-0.39, 0.29) is 18.5 Å². The number of carbonyl (C=O) groups excluding carboxylic acids is 1. The van der Waals surface area contributed by atoms with E-state index in [1.165, 1.54) is 0 Å². The lowest BCUT2D eigenvalue weighted by molar-refractivity contribution is -0.118. The van der Waals surface area contributed by atoms with Gasteiger partial charge in [0.1, 0.15) is 6.54 Å². The SMILES string of the molecule is CC(N)c1cccn1CC(N)=O. The molecule has 0 spiro atoms. The fraction of sp³-hybridized carbons (Fsp3) is 0.375. The maximum Gasteiger partial charge on any atom is 0.237 e. The standard InChI is InChI=1S/C8H13N3O/c1-6(9)7-3-2-4-11(7)5-8(10)12/h2-4,6H,5,9H2,1H3,(H2,10,12). The summed E-state index contributed by atoms with van der Waals surface area (Å²) in [6.45, 7) is 2.07. The molecule has 1 aromatic heterocycles. The summed E-state index contributed by atoms with van der Waals surface area (Å²) in [7, 11) is 0. The van der Waals surface area contributed by atoms with Crippen molar-refractivity contribution in [2.45, 2.75) is 19.5 Å². The van der Waals surface area contributed by atoms with Crippen LogP contribution in [-0.2, 0) is 11.3 Å². The first-order valence-corrected chi connectivity index (χ1v) is 3.80. The van der Waals surface area contributed by atoms with E-state index < -0.39 is 0 Å². The molecular weight excluding hydrogens is 154 g/mol. The molecule has 1 atom stereocenters. The Hall–Kier alpha value is -1.29. The Bertz CT molecular complexity index is 278. The molecule has 0 saturated carbocycles. The molecular formula is C8H13N3O. The van der Waals surface area contributed by atoms with Crippen LogP contribution in [0.15, 0.2) is 18.3 Å². The van der Waals surface area contributed by atoms with Crippen LogP contribution in [0, 0.1) is 0 Å². The van der Waals surface area contributed by atoms with Crippen LogP contribution in [-0.4, -0.2) is 10.5 Å². The lowest BCUT2D eigenvalue weighted by atomic mass is 10.2. The van der Waals surface area contributed by atoms with Gasteiger partial charge in [-0.25, -0.2) is 0 Å². The van der Waals surface area contributed by atoms with E-state index >= 15 is 0 Å². The highest BCUT2D eigenvalue weighted by Crippen LogP contribution is 2.09. The lowest BCUT2D eigenvalue weighted by Crippen LogP contribution is -2.21. The van der Waals surface area contributed by atoms with E-state index in [0.29, 0.717) is 0 Å². The van der Waals surface area contributed by atoms with Crippen LogP contribution in [0.5, 0.6) is 0 Å². The first-order chi connectivity index (χ1) is 5.61. The van der Waals surface area contributed by atoms with Crippen LogP contribution in [0.3, 0.4) is 0 Å². The van der Waals surface area contributed by atoms with Gasteiger partial charge in [-0.1, -0.05) is 0 Å². The van der Waals surface area contributed by atoms with Gasteiger partial charge in [-0.05, 0) is 19.1 Å². The zero-order valence-corrected chi connectivity index (χ0v) is 7.03. The zero-order valence-electron chi connectivity index (χ0n) is 7.03. The van der Waals surface area contributed by atoms with Gasteiger partial charge in [0.2, 0.25) is 5.91 Å². The van der Waals surface area contributed by atoms with Crippen LogP contribution < -0.4 is 11.5 Å². The first kappa shape index (κ1) is 8.80. The molecule has 1 rings (SSSR count). The Morgan fingerprint density at radius 3 is 2.92 bits per heavy atom. The molecule has 4 heteroatoms. The predicted molar refractivity (Wildman–Crippen MR) is 46.2 cm³/mol. The molecule has 0 fully saturated rings. The fourth-order valence-corrected chi connectivity index (χ4v) is 1.15. The summed E-state index contributed by atoms with van der Waals surface area (Å²) in [5.41, 5.74) is 11.6. The molecule has 1 aromatic rings. The van der Waals surface area contributed by atoms with Crippen molar-refractivity contribution in [3.05, 3.63) is 24.0 Å². The molecule has 0 saturated heterocycles. The molecule has 12 heavy (non-hydrogen) atoms. The van der Waals surface area contributed by atoms with Crippen LogP contribution in [0.25, 0.3) is 0 Å². The lowest BCUT2D eigenvalue weighted by Gasteiger charge is -2.09. The van der Waals surface area contributed by atoms with Gasteiger partial charge in [-0.3, -0.25) is 4.79 Å². The van der Waals surface area contributed by atoms with Crippen molar-refractivity contribution in [2.75, 3.05) is 0 Å². The second-order valence-electron chi connectivity index (χ2n) is 2.82. The molecule has 0 aliphatic heterocycles. The molecule has 0 bridgehead atoms. The van der Waals surface area contributed by atoms with Crippen molar-refractivity contribution in [3.8, 4) is 0 Å². The summed E-state index contributed by atoms with van der Waals surface area (Å²) >= 11 is 0. The molecule has 1 heterocycles. The van der Waals surface area contributed by atoms with E-state index in [4.69, 9.17) is 11.5 Å². The quantitative estimate of drug-likeness (QED) is 0.664. The van der Waals surface area contributed by atoms with Crippen molar-refractivity contribution in [1.29, 1.82) is 0 Å². The Balaban J connectivity index is 2.84. The zero-order chi connectivity index (χ0) is 9.14. The summed E-state index contributed by atoms with van der Waals surface area (Å²) in [6, 6.07) is 3.66. The number of carbonyl (C=O) groups is 1. The number of amides is 1. The predicted octanol–water partition coefficient (Wildman–Crippen LogP) is -0.00690. The van der Waals surface area contributed by atoms with Crippen LogP contribution in [0.1, 0.15) is 18.7 Å². The smallest absolute Gasteiger partial charge is 0.237 e. The summed E-state index contributed by atoms with van der Waals surface area (Å²) in [5, 5.41) is 0. The molecule has 0 aromatic carbocycles. The molecule has 4 nitrogen and oxygen atoms in total. The summed E-state index contributed by atoms with van der Waals surface area (Å²) in [5.74, 6) is -0.354. The monoisotopic (exact) mass is 167 g/mol. The third-order valence-corrected chi connectivity index (χ3v) is 1.66. The van der Waals surface area contributed by atoms with Gasteiger partial charge in [0, 0.05) is 17.9 Å².